The third-order valence-corrected chi connectivity index (χ3v) is 8.88. The van der Waals surface area contributed by atoms with Crippen LogP contribution in [-0.4, -0.2) is 106 Å². The number of aliphatic hydroxyl groups excluding tert-OH is 2. The number of aromatic hydroxyl groups is 1. The number of fused-ring (bicyclic) bond motifs is 3. The van der Waals surface area contributed by atoms with E-state index >= 15 is 0 Å². The Morgan fingerprint density at radius 2 is 1.72 bits per heavy atom. The van der Waals surface area contributed by atoms with E-state index < -0.39 is 69.9 Å². The molecule has 1 aromatic carbocycles. The first-order chi connectivity index (χ1) is 21.1. The van der Waals surface area contributed by atoms with Crippen LogP contribution in [0.2, 0.25) is 0 Å². The van der Waals surface area contributed by atoms with Gasteiger partial charge in [-0.3, -0.25) is 19.3 Å². The maximum Gasteiger partial charge on any atom is 0.410 e. The Morgan fingerprint density at radius 1 is 1.11 bits per heavy atom. The lowest BCUT2D eigenvalue weighted by Gasteiger charge is -2.50. The van der Waals surface area contributed by atoms with Crippen LogP contribution >= 0.6 is 0 Å². The summed E-state index contributed by atoms with van der Waals surface area (Å²) in [7, 11) is 6.71. The monoisotopic (exact) mass is 642 g/mol. The lowest BCUT2D eigenvalue weighted by atomic mass is 9.58. The van der Waals surface area contributed by atoms with Crippen LogP contribution in [0.25, 0.3) is 0 Å². The fourth-order valence-electron chi connectivity index (χ4n) is 7.11. The zero-order valence-corrected chi connectivity index (χ0v) is 28.0. The third kappa shape index (κ3) is 5.70. The van der Waals surface area contributed by atoms with Crippen LogP contribution < -0.4 is 10.6 Å². The van der Waals surface area contributed by atoms with E-state index in [0.717, 1.165) is 0 Å². The molecule has 0 heterocycles. The Hall–Kier alpha value is -4.10. The molecule has 6 N–H and O–H groups in total. The van der Waals surface area contributed by atoms with Gasteiger partial charge in [0.15, 0.2) is 11.4 Å². The molecule has 4 atom stereocenters. The van der Waals surface area contributed by atoms with Gasteiger partial charge in [-0.05, 0) is 63.7 Å². The molecule has 0 fully saturated rings. The number of rotatable bonds is 7. The Labute approximate surface area is 268 Å². The number of benzene rings is 1. The average Bonchev–Trinajstić information content (AvgIpc) is 2.90. The third-order valence-electron chi connectivity index (χ3n) is 8.88. The van der Waals surface area contributed by atoms with Gasteiger partial charge < -0.3 is 40.7 Å². The quantitative estimate of drug-likeness (QED) is 0.274. The van der Waals surface area contributed by atoms with Crippen LogP contribution in [-0.2, 0) is 27.3 Å². The van der Waals surface area contributed by atoms with E-state index in [4.69, 9.17) is 10.5 Å². The minimum absolute atomic E-state index is 0.0124. The van der Waals surface area contributed by atoms with E-state index in [1.807, 2.05) is 20.8 Å². The molecule has 1 aromatic rings. The van der Waals surface area contributed by atoms with E-state index in [9.17, 15) is 39.6 Å². The standard InChI is InChI=1S/C33H46N4O9/c1-15(2)46-31(44)37(14-32(3,4)5)13-17-12-20(35(6)7)18-10-16-11-19-24(36(8)9)27(40)23(30(34)43)29(42)33(19,45)28(41)21(16)26(39)22(18)25(17)38/h12,15-16,19,24,38,40-41,45H,10-11,13-14H2,1-9H3,(H2,34,43)/t16-,19-,24-,33-/m0/s1. The van der Waals surface area contributed by atoms with Crippen molar-refractivity contribution in [3.63, 3.8) is 0 Å². The Balaban J connectivity index is 1.91. The molecule has 13 heteroatoms. The molecule has 0 bridgehead atoms. The number of phenolic OH excluding ortho intramolecular Hbond substituents is 1. The maximum atomic E-state index is 14.3. The molecular weight excluding hydrogens is 596 g/mol. The number of nitrogens with two attached hydrogens (primary N) is 1. The normalized spacial score (nSPS) is 24.6. The fourth-order valence-corrected chi connectivity index (χ4v) is 7.11. The van der Waals surface area contributed by atoms with E-state index in [1.165, 1.54) is 9.80 Å². The van der Waals surface area contributed by atoms with Gasteiger partial charge in [-0.25, -0.2) is 4.79 Å². The predicted molar refractivity (Wildman–Crippen MR) is 169 cm³/mol. The summed E-state index contributed by atoms with van der Waals surface area (Å²) in [6, 6.07) is 0.641. The second kappa shape index (κ2) is 11.9. The number of phenols is 1. The molecule has 252 valence electrons. The van der Waals surface area contributed by atoms with Crippen LogP contribution in [0.3, 0.4) is 0 Å². The molecule has 4 rings (SSSR count). The smallest absolute Gasteiger partial charge is 0.410 e. The Kier molecular flexibility index (Phi) is 9.01. The van der Waals surface area contributed by atoms with Crippen LogP contribution in [0.15, 0.2) is 28.7 Å². The molecule has 2 amide bonds. The fraction of sp³-hybridized carbons (Fsp3) is 0.576. The van der Waals surface area contributed by atoms with Crippen molar-refractivity contribution in [3.05, 3.63) is 45.4 Å². The van der Waals surface area contributed by atoms with Crippen LogP contribution in [0.4, 0.5) is 10.5 Å². The summed E-state index contributed by atoms with van der Waals surface area (Å²) in [5, 5.41) is 46.1. The van der Waals surface area contributed by atoms with Crippen molar-refractivity contribution < 1.29 is 44.3 Å². The maximum absolute atomic E-state index is 14.3. The first kappa shape index (κ1) is 34.8. The second-order valence-corrected chi connectivity index (χ2v) is 14.5. The average molecular weight is 643 g/mol. The molecule has 0 radical (unpaired) electrons. The highest BCUT2D eigenvalue weighted by atomic mass is 16.6. The first-order valence-electron chi connectivity index (χ1n) is 15.3. The molecule has 3 aliphatic rings. The van der Waals surface area contributed by atoms with Gasteiger partial charge in [0.1, 0.15) is 22.8 Å². The molecular formula is C33H46N4O9. The zero-order valence-electron chi connectivity index (χ0n) is 28.0. The highest BCUT2D eigenvalue weighted by molar-refractivity contribution is 6.25. The SMILES string of the molecule is CC(C)OC(=O)N(Cc1cc(N(C)C)c2c(c1O)C(=O)C1=C(O)[C@]3(O)C(=O)C(C(N)=O)=C(O)[C@@H](N(C)C)[C@@H]3C[C@@H]1C2)CC(C)(C)C. The number of aliphatic hydroxyl groups is 3. The summed E-state index contributed by atoms with van der Waals surface area (Å²) in [5.74, 6) is -7.14. The molecule has 0 aliphatic heterocycles. The van der Waals surface area contributed by atoms with Crippen molar-refractivity contribution in [3.8, 4) is 5.75 Å². The highest BCUT2D eigenvalue weighted by Gasteiger charge is 2.63. The Bertz CT molecular complexity index is 1550. The number of anilines is 1. The van der Waals surface area contributed by atoms with E-state index in [-0.39, 0.29) is 54.2 Å². The minimum atomic E-state index is -2.73. The summed E-state index contributed by atoms with van der Waals surface area (Å²) < 4.78 is 5.47. The van der Waals surface area contributed by atoms with Gasteiger partial charge in [0.25, 0.3) is 5.91 Å². The molecule has 0 unspecified atom stereocenters. The number of primary amides is 1. The molecule has 46 heavy (non-hydrogen) atoms. The zero-order chi connectivity index (χ0) is 34.8. The number of likely N-dealkylation sites (N-methyl/N-ethyl adjacent to an activating group) is 1. The molecule has 0 saturated heterocycles. The number of Topliss-reactive ketones (excluding diaryl/α,β-unsaturated/α-hetero) is 2. The lowest BCUT2D eigenvalue weighted by molar-refractivity contribution is -0.148. The number of ketones is 2. The van der Waals surface area contributed by atoms with E-state index in [2.05, 4.69) is 0 Å². The van der Waals surface area contributed by atoms with Crippen LogP contribution in [0, 0.1) is 17.3 Å². The van der Waals surface area contributed by atoms with Crippen LogP contribution in [0.5, 0.6) is 5.75 Å². The number of amides is 2. The molecule has 0 spiro atoms. The van der Waals surface area contributed by atoms with Gasteiger partial charge in [-0.1, -0.05) is 20.8 Å². The summed E-state index contributed by atoms with van der Waals surface area (Å²) in [5.41, 5.74) is 2.50. The number of carbonyl (C=O) groups is 4. The van der Waals surface area contributed by atoms with Crippen LogP contribution in [0.1, 0.15) is 62.5 Å². The van der Waals surface area contributed by atoms with Gasteiger partial charge in [-0.15, -0.1) is 0 Å². The molecule has 13 nitrogen and oxygen atoms in total. The number of hydrogen-bond acceptors (Lipinski definition) is 11. The lowest BCUT2D eigenvalue weighted by Crippen LogP contribution is -2.63. The molecule has 3 aliphatic carbocycles. The summed E-state index contributed by atoms with van der Waals surface area (Å²) in [6.45, 7) is 9.50. The minimum Gasteiger partial charge on any atom is -0.510 e. The van der Waals surface area contributed by atoms with Crippen molar-refractivity contribution in [2.24, 2.45) is 23.0 Å². The van der Waals surface area contributed by atoms with Crippen molar-refractivity contribution >= 4 is 29.3 Å². The summed E-state index contributed by atoms with van der Waals surface area (Å²) >= 11 is 0. The van der Waals surface area contributed by atoms with Crippen molar-refractivity contribution in [1.82, 2.24) is 9.80 Å². The van der Waals surface area contributed by atoms with Gasteiger partial charge in [0.2, 0.25) is 5.78 Å². The highest BCUT2D eigenvalue weighted by Crippen LogP contribution is 2.53. The van der Waals surface area contributed by atoms with Gasteiger partial charge in [0, 0.05) is 43.4 Å². The van der Waals surface area contributed by atoms with Crippen molar-refractivity contribution in [2.45, 2.75) is 71.8 Å². The Morgan fingerprint density at radius 3 is 2.22 bits per heavy atom. The van der Waals surface area contributed by atoms with Gasteiger partial charge in [-0.2, -0.15) is 0 Å². The number of carbonyl (C=O) groups excluding carboxylic acids is 4. The predicted octanol–water partition coefficient (Wildman–Crippen LogP) is 2.58. The molecule has 0 aromatic heterocycles. The van der Waals surface area contributed by atoms with Crippen molar-refractivity contribution in [2.75, 3.05) is 39.6 Å². The topological polar surface area (TPSA) is 194 Å². The number of hydrogen-bond donors (Lipinski definition) is 5. The van der Waals surface area contributed by atoms with Crippen molar-refractivity contribution in [1.29, 1.82) is 0 Å². The van der Waals surface area contributed by atoms with Gasteiger partial charge in [0.05, 0.1) is 24.3 Å². The van der Waals surface area contributed by atoms with E-state index in [1.54, 1.807) is 53.0 Å². The largest absolute Gasteiger partial charge is 0.510 e. The number of allylic oxidation sites excluding steroid dienone is 1. The summed E-state index contributed by atoms with van der Waals surface area (Å²) in [6.07, 6.45) is -0.841. The first-order valence-corrected chi connectivity index (χ1v) is 15.3. The van der Waals surface area contributed by atoms with Gasteiger partial charge >= 0.3 is 6.09 Å². The molecule has 0 saturated carbocycles. The number of nitrogens with zero attached hydrogens (tertiary/aromatic N) is 3. The number of ether oxygens (including phenoxy) is 1. The second-order valence-electron chi connectivity index (χ2n) is 14.5. The van der Waals surface area contributed by atoms with E-state index in [0.29, 0.717) is 11.3 Å². The summed E-state index contributed by atoms with van der Waals surface area (Å²) in [4.78, 5) is 58.0.